The molecule has 0 unspecified atom stereocenters. The average Bonchev–Trinajstić information content (AvgIpc) is 3.34. The van der Waals surface area contributed by atoms with Gasteiger partial charge in [-0.05, 0) is 35.6 Å². The van der Waals surface area contributed by atoms with E-state index in [0.29, 0.717) is 49.6 Å². The first-order valence-electron chi connectivity index (χ1n) is 13.5. The van der Waals surface area contributed by atoms with E-state index in [1.54, 1.807) is 24.1 Å². The van der Waals surface area contributed by atoms with Crippen LogP contribution in [-0.2, 0) is 26.7 Å². The zero-order chi connectivity index (χ0) is 28.6. The molecule has 2 aromatic carbocycles. The van der Waals surface area contributed by atoms with Crippen molar-refractivity contribution in [3.05, 3.63) is 94.0 Å². The number of aromatic nitrogens is 6. The van der Waals surface area contributed by atoms with Crippen molar-refractivity contribution in [3.8, 4) is 22.4 Å². The summed E-state index contributed by atoms with van der Waals surface area (Å²) in [5.74, 6) is 0. The number of rotatable bonds is 7. The molecule has 43 heavy (non-hydrogen) atoms. The van der Waals surface area contributed by atoms with E-state index in [-0.39, 0.29) is 42.4 Å². The molecule has 3 aromatic heterocycles. The molecule has 10 nitrogen and oxygen atoms in total. The molecule has 0 amide bonds. The predicted molar refractivity (Wildman–Crippen MR) is 173 cm³/mol. The van der Waals surface area contributed by atoms with Gasteiger partial charge in [-0.1, -0.05) is 48.0 Å². The molecule has 5 aromatic rings. The van der Waals surface area contributed by atoms with Gasteiger partial charge in [0.15, 0.2) is 5.52 Å². The molecule has 6 rings (SSSR count). The molecule has 1 fully saturated rings. The van der Waals surface area contributed by atoms with Crippen LogP contribution in [0.1, 0.15) is 24.0 Å². The molecule has 0 bridgehead atoms. The normalized spacial score (nSPS) is 14.7. The monoisotopic (exact) mass is 642 g/mol. The van der Waals surface area contributed by atoms with Crippen molar-refractivity contribution in [2.75, 3.05) is 13.1 Å². The fourth-order valence-corrected chi connectivity index (χ4v) is 5.72. The highest BCUT2D eigenvalue weighted by Gasteiger charge is 2.33. The van der Waals surface area contributed by atoms with Gasteiger partial charge in [-0.3, -0.25) is 18.9 Å². The first kappa shape index (κ1) is 32.5. The van der Waals surface area contributed by atoms with Gasteiger partial charge < -0.3 is 10.8 Å². The van der Waals surface area contributed by atoms with Crippen LogP contribution in [0.5, 0.6) is 0 Å². The summed E-state index contributed by atoms with van der Waals surface area (Å²) in [7, 11) is 1.80. The number of nitrogens with zero attached hydrogens (tertiary/aromatic N) is 7. The molecule has 1 aliphatic rings. The largest absolute Gasteiger partial charge is 0.388 e. The fraction of sp³-hybridized carbons (Fsp3) is 0.300. The Morgan fingerprint density at radius 3 is 2.30 bits per heavy atom. The summed E-state index contributed by atoms with van der Waals surface area (Å²) in [5, 5.41) is 16.6. The van der Waals surface area contributed by atoms with Crippen molar-refractivity contribution in [1.82, 2.24) is 34.2 Å². The SMILES string of the molecule is Cl.Cl.Cn1nc2c(=O)n(CC3(O)CCN(Cc4ccc(-c5cncnc5)cc4Cl)CC3)cnc2c1-c1ccc(CN)cc1. The maximum absolute atomic E-state index is 13.4. The lowest BCUT2D eigenvalue weighted by Gasteiger charge is -2.38. The van der Waals surface area contributed by atoms with Crippen molar-refractivity contribution in [2.45, 2.75) is 38.1 Å². The summed E-state index contributed by atoms with van der Waals surface area (Å²) < 4.78 is 3.16. The third-order valence-electron chi connectivity index (χ3n) is 7.87. The number of aliphatic hydroxyl groups is 1. The average molecular weight is 644 g/mol. The lowest BCUT2D eigenvalue weighted by molar-refractivity contribution is -0.0364. The number of halogens is 3. The highest BCUT2D eigenvalue weighted by molar-refractivity contribution is 6.31. The number of benzene rings is 2. The van der Waals surface area contributed by atoms with Crippen LogP contribution in [0.15, 0.2) is 72.3 Å². The first-order valence-corrected chi connectivity index (χ1v) is 13.9. The Bertz CT molecular complexity index is 1750. The predicted octanol–water partition coefficient (Wildman–Crippen LogP) is 4.24. The molecular weight excluding hydrogens is 611 g/mol. The third-order valence-corrected chi connectivity index (χ3v) is 8.22. The highest BCUT2D eigenvalue weighted by Crippen LogP contribution is 2.30. The van der Waals surface area contributed by atoms with Crippen LogP contribution in [-0.4, -0.2) is 58.0 Å². The molecular formula is C30H33Cl3N8O2. The molecule has 0 radical (unpaired) electrons. The second-order valence-electron chi connectivity index (χ2n) is 10.7. The molecule has 0 saturated carbocycles. The number of nitrogens with two attached hydrogens (primary N) is 1. The molecule has 1 saturated heterocycles. The van der Waals surface area contributed by atoms with Crippen molar-refractivity contribution in [3.63, 3.8) is 0 Å². The van der Waals surface area contributed by atoms with Crippen LogP contribution >= 0.6 is 36.4 Å². The van der Waals surface area contributed by atoms with E-state index in [4.69, 9.17) is 17.3 Å². The van der Waals surface area contributed by atoms with Crippen molar-refractivity contribution < 1.29 is 5.11 Å². The molecule has 13 heteroatoms. The highest BCUT2D eigenvalue weighted by atomic mass is 35.5. The van der Waals surface area contributed by atoms with Crippen molar-refractivity contribution in [2.24, 2.45) is 12.8 Å². The van der Waals surface area contributed by atoms with Gasteiger partial charge in [-0.25, -0.2) is 15.0 Å². The number of hydrogen-bond acceptors (Lipinski definition) is 8. The number of aryl methyl sites for hydroxylation is 1. The van der Waals surface area contributed by atoms with E-state index in [1.165, 1.54) is 17.2 Å². The Labute approximate surface area is 266 Å². The van der Waals surface area contributed by atoms with Crippen molar-refractivity contribution in [1.29, 1.82) is 0 Å². The Kier molecular flexibility index (Phi) is 10.2. The second kappa shape index (κ2) is 13.5. The van der Waals surface area contributed by atoms with Gasteiger partial charge in [0, 0.05) is 61.8 Å². The molecule has 0 atom stereocenters. The lowest BCUT2D eigenvalue weighted by Crippen LogP contribution is -2.47. The molecule has 1 aliphatic heterocycles. The van der Waals surface area contributed by atoms with Crippen LogP contribution in [0.3, 0.4) is 0 Å². The summed E-state index contributed by atoms with van der Waals surface area (Å²) in [6.45, 7) is 2.66. The van der Waals surface area contributed by atoms with Crippen LogP contribution in [0, 0.1) is 0 Å². The number of piperidine rings is 1. The van der Waals surface area contributed by atoms with Gasteiger partial charge in [-0.15, -0.1) is 24.8 Å². The maximum Gasteiger partial charge on any atom is 0.281 e. The van der Waals surface area contributed by atoms with E-state index in [1.807, 2.05) is 42.5 Å². The fourth-order valence-electron chi connectivity index (χ4n) is 5.48. The van der Waals surface area contributed by atoms with E-state index in [0.717, 1.165) is 33.5 Å². The van der Waals surface area contributed by atoms with Gasteiger partial charge in [0.05, 0.1) is 24.2 Å². The van der Waals surface area contributed by atoms with E-state index >= 15 is 0 Å². The Hall–Kier alpha value is -3.38. The number of fused-ring (bicyclic) bond motifs is 1. The Balaban J connectivity index is 0.00000212. The zero-order valence-electron chi connectivity index (χ0n) is 23.6. The van der Waals surface area contributed by atoms with E-state index < -0.39 is 5.60 Å². The van der Waals surface area contributed by atoms with Gasteiger partial charge >= 0.3 is 0 Å². The van der Waals surface area contributed by atoms with Crippen LogP contribution in [0.2, 0.25) is 5.02 Å². The van der Waals surface area contributed by atoms with Crippen LogP contribution < -0.4 is 11.3 Å². The lowest BCUT2D eigenvalue weighted by atomic mass is 9.91. The molecule has 4 heterocycles. The van der Waals surface area contributed by atoms with E-state index in [9.17, 15) is 9.90 Å². The summed E-state index contributed by atoms with van der Waals surface area (Å²) in [6.07, 6.45) is 7.59. The minimum Gasteiger partial charge on any atom is -0.388 e. The Morgan fingerprint density at radius 2 is 1.65 bits per heavy atom. The minimum atomic E-state index is -1.02. The van der Waals surface area contributed by atoms with Crippen molar-refractivity contribution >= 4 is 47.4 Å². The minimum absolute atomic E-state index is 0. The molecule has 226 valence electrons. The summed E-state index contributed by atoms with van der Waals surface area (Å²) >= 11 is 6.62. The first-order chi connectivity index (χ1) is 19.8. The van der Waals surface area contributed by atoms with Gasteiger partial charge in [0.25, 0.3) is 5.56 Å². The quantitative estimate of drug-likeness (QED) is 0.270. The smallest absolute Gasteiger partial charge is 0.281 e. The topological polar surface area (TPSA) is 128 Å². The van der Waals surface area contributed by atoms with Gasteiger partial charge in [0.1, 0.15) is 11.8 Å². The van der Waals surface area contributed by atoms with Gasteiger partial charge in [0.2, 0.25) is 0 Å². The summed E-state index contributed by atoms with van der Waals surface area (Å²) in [4.78, 5) is 28.4. The molecule has 0 spiro atoms. The summed E-state index contributed by atoms with van der Waals surface area (Å²) in [6, 6.07) is 13.8. The third kappa shape index (κ3) is 6.75. The standard InChI is InChI=1S/C30H31ClN8O2.2ClH/c1-37-28(21-4-2-20(13-32)3-5-21)26-27(36-37)29(40)39(19-35-26)17-30(41)8-10-38(11-9-30)16-23-7-6-22(12-25(23)31)24-14-33-18-34-15-24;;/h2-7,12,14-15,18-19,41H,8-11,13,16-17,32H2,1H3;2*1H. The van der Waals surface area contributed by atoms with Crippen LogP contribution in [0.4, 0.5) is 0 Å². The zero-order valence-corrected chi connectivity index (χ0v) is 25.9. The van der Waals surface area contributed by atoms with E-state index in [2.05, 4.69) is 25.0 Å². The second-order valence-corrected chi connectivity index (χ2v) is 11.1. The number of likely N-dealkylation sites (tertiary alicyclic amines) is 1. The molecule has 3 N–H and O–H groups in total. The van der Waals surface area contributed by atoms with Gasteiger partial charge in [-0.2, -0.15) is 5.10 Å². The summed E-state index contributed by atoms with van der Waals surface area (Å²) in [5.41, 5.74) is 10.9. The Morgan fingerprint density at radius 1 is 0.977 bits per heavy atom. The van der Waals surface area contributed by atoms with Crippen LogP contribution in [0.25, 0.3) is 33.4 Å². The number of hydrogen-bond donors (Lipinski definition) is 2. The molecule has 0 aliphatic carbocycles. The maximum atomic E-state index is 13.4.